The van der Waals surface area contributed by atoms with Crippen molar-refractivity contribution in [1.82, 2.24) is 0 Å². The minimum absolute atomic E-state index is 0.295. The molecular formula is C12H20O. The third-order valence-corrected chi connectivity index (χ3v) is 2.79. The van der Waals surface area contributed by atoms with Gasteiger partial charge in [-0.05, 0) is 43.3 Å². The van der Waals surface area contributed by atoms with E-state index in [1.54, 1.807) is 13.0 Å². The summed E-state index contributed by atoms with van der Waals surface area (Å²) in [5.74, 6) is 0. The summed E-state index contributed by atoms with van der Waals surface area (Å²) in [7, 11) is 0. The summed E-state index contributed by atoms with van der Waals surface area (Å²) in [6.45, 7) is 6.30. The van der Waals surface area contributed by atoms with Crippen LogP contribution in [0, 0.1) is 5.41 Å². The zero-order valence-electron chi connectivity index (χ0n) is 8.93. The van der Waals surface area contributed by atoms with Gasteiger partial charge < -0.3 is 5.11 Å². The molecular weight excluding hydrogens is 160 g/mol. The molecule has 1 heteroatoms. The number of aliphatic hydroxyl groups excluding tert-OH is 1. The van der Waals surface area contributed by atoms with Gasteiger partial charge in [0.05, 0.1) is 6.10 Å². The van der Waals surface area contributed by atoms with Crippen LogP contribution in [-0.2, 0) is 0 Å². The van der Waals surface area contributed by atoms with Gasteiger partial charge in [0.2, 0.25) is 0 Å². The summed E-state index contributed by atoms with van der Waals surface area (Å²) in [6, 6.07) is 0. The van der Waals surface area contributed by atoms with Crippen LogP contribution in [0.1, 0.15) is 46.5 Å². The van der Waals surface area contributed by atoms with E-state index in [2.05, 4.69) is 19.6 Å². The first kappa shape index (κ1) is 10.6. The van der Waals surface area contributed by atoms with E-state index in [0.29, 0.717) is 5.41 Å². The van der Waals surface area contributed by atoms with E-state index in [0.717, 1.165) is 6.42 Å². The van der Waals surface area contributed by atoms with Crippen LogP contribution in [0.4, 0.5) is 0 Å². The molecule has 0 heterocycles. The Morgan fingerprint density at radius 2 is 2.15 bits per heavy atom. The number of aliphatic hydroxyl groups is 1. The minimum atomic E-state index is -0.370. The van der Waals surface area contributed by atoms with Crippen LogP contribution in [0.5, 0.6) is 0 Å². The molecule has 0 aromatic carbocycles. The molecule has 1 fully saturated rings. The van der Waals surface area contributed by atoms with Gasteiger partial charge in [-0.3, -0.25) is 0 Å². The van der Waals surface area contributed by atoms with Crippen LogP contribution in [0.2, 0.25) is 0 Å². The summed E-state index contributed by atoms with van der Waals surface area (Å²) in [4.78, 5) is 0. The third-order valence-electron chi connectivity index (χ3n) is 2.79. The van der Waals surface area contributed by atoms with Gasteiger partial charge in [-0.2, -0.15) is 0 Å². The molecule has 13 heavy (non-hydrogen) atoms. The predicted molar refractivity (Wildman–Crippen MR) is 55.5 cm³/mol. The lowest BCUT2D eigenvalue weighted by molar-refractivity contribution is 0.244. The SMILES string of the molecule is CC(O)C=C=C1CCCCC1(C)C. The Bertz CT molecular complexity index is 230. The van der Waals surface area contributed by atoms with Crippen LogP contribution in [0.25, 0.3) is 0 Å². The van der Waals surface area contributed by atoms with E-state index >= 15 is 0 Å². The molecule has 0 amide bonds. The molecule has 1 saturated carbocycles. The van der Waals surface area contributed by atoms with Crippen LogP contribution >= 0.6 is 0 Å². The Kier molecular flexibility index (Phi) is 3.35. The molecule has 1 unspecified atom stereocenters. The first-order chi connectivity index (χ1) is 6.02. The van der Waals surface area contributed by atoms with Crippen molar-refractivity contribution in [2.45, 2.75) is 52.6 Å². The normalized spacial score (nSPS) is 23.5. The van der Waals surface area contributed by atoms with Crippen molar-refractivity contribution < 1.29 is 5.11 Å². The standard InChI is InChI=1S/C12H20O/c1-10(13)7-8-11-6-4-5-9-12(11,2)3/h7,10,13H,4-6,9H2,1-3H3. The monoisotopic (exact) mass is 180 g/mol. The molecule has 0 aromatic rings. The quantitative estimate of drug-likeness (QED) is 0.615. The van der Waals surface area contributed by atoms with Crippen molar-refractivity contribution >= 4 is 0 Å². The Morgan fingerprint density at radius 3 is 2.69 bits per heavy atom. The molecule has 1 aliphatic carbocycles. The Balaban J connectivity index is 2.82. The first-order valence-electron chi connectivity index (χ1n) is 5.16. The molecule has 1 nitrogen and oxygen atoms in total. The number of hydrogen-bond donors (Lipinski definition) is 1. The van der Waals surface area contributed by atoms with Crippen molar-refractivity contribution in [3.8, 4) is 0 Å². The average Bonchev–Trinajstić information content (AvgIpc) is 2.01. The van der Waals surface area contributed by atoms with Gasteiger partial charge >= 0.3 is 0 Å². The molecule has 1 rings (SSSR count). The van der Waals surface area contributed by atoms with Crippen molar-refractivity contribution in [3.05, 3.63) is 17.4 Å². The molecule has 1 N–H and O–H groups in total. The van der Waals surface area contributed by atoms with E-state index in [1.165, 1.54) is 24.8 Å². The molecule has 0 saturated heterocycles. The number of hydrogen-bond acceptors (Lipinski definition) is 1. The van der Waals surface area contributed by atoms with E-state index in [1.807, 2.05) is 0 Å². The fourth-order valence-corrected chi connectivity index (χ4v) is 1.85. The lowest BCUT2D eigenvalue weighted by Gasteiger charge is -2.31. The summed E-state index contributed by atoms with van der Waals surface area (Å²) in [6.07, 6.45) is 6.40. The third kappa shape index (κ3) is 3.02. The summed E-state index contributed by atoms with van der Waals surface area (Å²) in [5.41, 5.74) is 4.92. The molecule has 1 atom stereocenters. The maximum absolute atomic E-state index is 9.12. The predicted octanol–water partition coefficient (Wildman–Crippen LogP) is 3.05. The van der Waals surface area contributed by atoms with E-state index in [-0.39, 0.29) is 6.10 Å². The van der Waals surface area contributed by atoms with Crippen LogP contribution < -0.4 is 0 Å². The molecule has 1 aliphatic rings. The Morgan fingerprint density at radius 1 is 1.46 bits per heavy atom. The van der Waals surface area contributed by atoms with E-state index < -0.39 is 0 Å². The second-order valence-corrected chi connectivity index (χ2v) is 4.62. The Hall–Kier alpha value is -0.520. The van der Waals surface area contributed by atoms with Crippen molar-refractivity contribution in [1.29, 1.82) is 0 Å². The van der Waals surface area contributed by atoms with Gasteiger partial charge in [-0.25, -0.2) is 0 Å². The summed E-state index contributed by atoms with van der Waals surface area (Å²) in [5, 5.41) is 9.12. The maximum atomic E-state index is 9.12. The molecule has 74 valence electrons. The highest BCUT2D eigenvalue weighted by Gasteiger charge is 2.25. The molecule has 0 aromatic heterocycles. The second kappa shape index (κ2) is 4.13. The van der Waals surface area contributed by atoms with Gasteiger partial charge in [0, 0.05) is 0 Å². The lowest BCUT2D eigenvalue weighted by Crippen LogP contribution is -2.18. The van der Waals surface area contributed by atoms with Crippen LogP contribution in [-0.4, -0.2) is 11.2 Å². The average molecular weight is 180 g/mol. The highest BCUT2D eigenvalue weighted by atomic mass is 16.3. The molecule has 0 spiro atoms. The van der Waals surface area contributed by atoms with Gasteiger partial charge in [0.1, 0.15) is 0 Å². The van der Waals surface area contributed by atoms with Crippen molar-refractivity contribution in [2.75, 3.05) is 0 Å². The molecule has 0 aliphatic heterocycles. The highest BCUT2D eigenvalue weighted by Crippen LogP contribution is 2.39. The maximum Gasteiger partial charge on any atom is 0.0766 e. The molecule has 0 radical (unpaired) electrons. The van der Waals surface area contributed by atoms with Crippen LogP contribution in [0.15, 0.2) is 17.4 Å². The fourth-order valence-electron chi connectivity index (χ4n) is 1.85. The minimum Gasteiger partial charge on any atom is -0.389 e. The van der Waals surface area contributed by atoms with E-state index in [4.69, 9.17) is 5.11 Å². The summed E-state index contributed by atoms with van der Waals surface area (Å²) < 4.78 is 0. The zero-order valence-corrected chi connectivity index (χ0v) is 8.93. The lowest BCUT2D eigenvalue weighted by atomic mass is 9.73. The number of rotatable bonds is 1. The fraction of sp³-hybridized carbons (Fsp3) is 0.750. The van der Waals surface area contributed by atoms with Crippen molar-refractivity contribution in [2.24, 2.45) is 5.41 Å². The molecule has 0 bridgehead atoms. The van der Waals surface area contributed by atoms with E-state index in [9.17, 15) is 0 Å². The first-order valence-corrected chi connectivity index (χ1v) is 5.16. The zero-order chi connectivity index (χ0) is 9.90. The van der Waals surface area contributed by atoms with Gasteiger partial charge in [-0.1, -0.05) is 20.3 Å². The van der Waals surface area contributed by atoms with Crippen LogP contribution in [0.3, 0.4) is 0 Å². The topological polar surface area (TPSA) is 20.2 Å². The summed E-state index contributed by atoms with van der Waals surface area (Å²) >= 11 is 0. The van der Waals surface area contributed by atoms with Gasteiger partial charge in [-0.15, -0.1) is 5.73 Å². The van der Waals surface area contributed by atoms with Gasteiger partial charge in [0.25, 0.3) is 0 Å². The smallest absolute Gasteiger partial charge is 0.0766 e. The highest BCUT2D eigenvalue weighted by molar-refractivity contribution is 5.14. The van der Waals surface area contributed by atoms with Gasteiger partial charge in [0.15, 0.2) is 0 Å². The second-order valence-electron chi connectivity index (χ2n) is 4.62. The van der Waals surface area contributed by atoms with Crippen molar-refractivity contribution in [3.63, 3.8) is 0 Å². The largest absolute Gasteiger partial charge is 0.389 e. The Labute approximate surface area is 81.2 Å².